The third-order valence-corrected chi connectivity index (χ3v) is 2.68. The minimum atomic E-state index is -1.47. The molecule has 0 saturated heterocycles. The van der Waals surface area contributed by atoms with Gasteiger partial charge in [-0.25, -0.2) is 0 Å². The van der Waals surface area contributed by atoms with E-state index in [4.69, 9.17) is 5.26 Å². The molecule has 0 saturated carbocycles. The highest BCUT2D eigenvalue weighted by molar-refractivity contribution is 5.15. The van der Waals surface area contributed by atoms with Gasteiger partial charge in [0, 0.05) is 0 Å². The average Bonchev–Trinajstić information content (AvgIpc) is 2.65. The van der Waals surface area contributed by atoms with Gasteiger partial charge in [0.05, 0.1) is 6.07 Å². The number of nitrogens with zero attached hydrogens (tertiary/aromatic N) is 3. The first-order valence-corrected chi connectivity index (χ1v) is 3.84. The van der Waals surface area contributed by atoms with Crippen LogP contribution in [0.5, 0.6) is 0 Å². The Kier molecular flexibility index (Phi) is 1.56. The van der Waals surface area contributed by atoms with Crippen LogP contribution < -0.4 is 0 Å². The molecule has 0 amide bonds. The summed E-state index contributed by atoms with van der Waals surface area (Å²) < 4.78 is 0. The SMILES string of the molecule is CC(C)(C)C(C)(C#N)C1(O)N=N1. The molecule has 0 aliphatic carbocycles. The van der Waals surface area contributed by atoms with Crippen LogP contribution in [-0.4, -0.2) is 11.0 Å². The first kappa shape index (κ1) is 9.14. The van der Waals surface area contributed by atoms with Crippen molar-refractivity contribution in [1.82, 2.24) is 0 Å². The van der Waals surface area contributed by atoms with Gasteiger partial charge in [0.15, 0.2) is 0 Å². The van der Waals surface area contributed by atoms with Crippen molar-refractivity contribution in [3.63, 3.8) is 0 Å². The van der Waals surface area contributed by atoms with Gasteiger partial charge in [0.1, 0.15) is 5.41 Å². The minimum Gasteiger partial charge on any atom is -0.348 e. The molecule has 1 aliphatic rings. The fourth-order valence-electron chi connectivity index (χ4n) is 0.993. The Hall–Kier alpha value is -0.950. The van der Waals surface area contributed by atoms with Crippen LogP contribution in [-0.2, 0) is 0 Å². The lowest BCUT2D eigenvalue weighted by molar-refractivity contribution is -0.0339. The number of nitriles is 1. The maximum absolute atomic E-state index is 9.63. The summed E-state index contributed by atoms with van der Waals surface area (Å²) >= 11 is 0. The molecule has 1 N–H and O–H groups in total. The zero-order valence-electron chi connectivity index (χ0n) is 7.79. The van der Waals surface area contributed by atoms with Crippen molar-refractivity contribution in [2.24, 2.45) is 21.1 Å². The molecule has 1 atom stereocenters. The van der Waals surface area contributed by atoms with Crippen LogP contribution in [0.2, 0.25) is 0 Å². The van der Waals surface area contributed by atoms with Crippen molar-refractivity contribution in [1.29, 1.82) is 5.26 Å². The lowest BCUT2D eigenvalue weighted by Crippen LogP contribution is -2.44. The number of rotatable bonds is 1. The lowest BCUT2D eigenvalue weighted by atomic mass is 9.66. The van der Waals surface area contributed by atoms with Gasteiger partial charge in [-0.3, -0.25) is 0 Å². The minimum absolute atomic E-state index is 0.347. The Balaban J connectivity index is 3.01. The van der Waals surface area contributed by atoms with Crippen LogP contribution in [0.15, 0.2) is 10.2 Å². The smallest absolute Gasteiger partial charge is 0.309 e. The van der Waals surface area contributed by atoms with E-state index in [0.717, 1.165) is 0 Å². The third-order valence-electron chi connectivity index (χ3n) is 2.68. The van der Waals surface area contributed by atoms with Gasteiger partial charge in [-0.15, -0.1) is 10.2 Å². The molecule has 0 aromatic carbocycles. The quantitative estimate of drug-likeness (QED) is 0.645. The van der Waals surface area contributed by atoms with Gasteiger partial charge in [-0.05, 0) is 12.3 Å². The molecule has 0 spiro atoms. The van der Waals surface area contributed by atoms with Gasteiger partial charge in [-0.1, -0.05) is 20.8 Å². The molecular weight excluding hydrogens is 154 g/mol. The maximum atomic E-state index is 9.63. The Labute approximate surface area is 71.9 Å². The molecule has 66 valence electrons. The van der Waals surface area contributed by atoms with Gasteiger partial charge in [0.2, 0.25) is 0 Å². The van der Waals surface area contributed by atoms with Crippen LogP contribution in [0.3, 0.4) is 0 Å². The average molecular weight is 167 g/mol. The predicted octanol–water partition coefficient (Wildman–Crippen LogP) is 1.67. The van der Waals surface area contributed by atoms with Crippen molar-refractivity contribution in [3.05, 3.63) is 0 Å². The van der Waals surface area contributed by atoms with E-state index < -0.39 is 11.3 Å². The molecule has 4 heteroatoms. The molecule has 0 fully saturated rings. The van der Waals surface area contributed by atoms with E-state index in [2.05, 4.69) is 16.3 Å². The van der Waals surface area contributed by atoms with Crippen molar-refractivity contribution in [2.75, 3.05) is 0 Å². The topological polar surface area (TPSA) is 68.7 Å². The monoisotopic (exact) mass is 167 g/mol. The number of aliphatic hydroxyl groups is 1. The predicted molar refractivity (Wildman–Crippen MR) is 43.0 cm³/mol. The van der Waals surface area contributed by atoms with Crippen molar-refractivity contribution in [2.45, 2.75) is 33.5 Å². The summed E-state index contributed by atoms with van der Waals surface area (Å²) in [5.74, 6) is -1.47. The number of hydrogen-bond acceptors (Lipinski definition) is 4. The van der Waals surface area contributed by atoms with Crippen LogP contribution in [0.4, 0.5) is 0 Å². The van der Waals surface area contributed by atoms with Crippen LogP contribution in [0, 0.1) is 22.2 Å². The van der Waals surface area contributed by atoms with Gasteiger partial charge in [-0.2, -0.15) is 5.26 Å². The normalized spacial score (nSPS) is 24.3. The first-order valence-electron chi connectivity index (χ1n) is 3.84. The fraction of sp³-hybridized carbons (Fsp3) is 0.875. The highest BCUT2D eigenvalue weighted by atomic mass is 16.4. The van der Waals surface area contributed by atoms with Gasteiger partial charge >= 0.3 is 5.85 Å². The summed E-state index contributed by atoms with van der Waals surface area (Å²) in [6.45, 7) is 7.33. The summed E-state index contributed by atoms with van der Waals surface area (Å²) in [4.78, 5) is 0. The van der Waals surface area contributed by atoms with Crippen molar-refractivity contribution >= 4 is 0 Å². The van der Waals surface area contributed by atoms with E-state index in [0.29, 0.717) is 0 Å². The Morgan fingerprint density at radius 2 is 1.67 bits per heavy atom. The molecular formula is C8H13N3O. The zero-order valence-corrected chi connectivity index (χ0v) is 7.79. The number of hydrogen-bond donors (Lipinski definition) is 1. The molecule has 0 bridgehead atoms. The van der Waals surface area contributed by atoms with Crippen molar-refractivity contribution < 1.29 is 5.11 Å². The van der Waals surface area contributed by atoms with E-state index in [-0.39, 0.29) is 5.41 Å². The molecule has 0 radical (unpaired) electrons. The first-order chi connectivity index (χ1) is 5.27. The molecule has 1 heterocycles. The van der Waals surface area contributed by atoms with E-state index >= 15 is 0 Å². The molecule has 4 nitrogen and oxygen atoms in total. The Morgan fingerprint density at radius 1 is 1.25 bits per heavy atom. The van der Waals surface area contributed by atoms with Gasteiger partial charge < -0.3 is 5.11 Å². The van der Waals surface area contributed by atoms with Crippen LogP contribution in [0.1, 0.15) is 27.7 Å². The molecule has 0 aromatic heterocycles. The fourth-order valence-corrected chi connectivity index (χ4v) is 0.993. The van der Waals surface area contributed by atoms with Crippen LogP contribution in [0.25, 0.3) is 0 Å². The van der Waals surface area contributed by atoms with E-state index in [9.17, 15) is 5.11 Å². The Bertz CT molecular complexity index is 258. The highest BCUT2D eigenvalue weighted by Gasteiger charge is 2.62. The summed E-state index contributed by atoms with van der Waals surface area (Å²) in [7, 11) is 0. The van der Waals surface area contributed by atoms with E-state index in [1.54, 1.807) is 6.92 Å². The second-order valence-electron chi connectivity index (χ2n) is 4.32. The van der Waals surface area contributed by atoms with Crippen LogP contribution >= 0.6 is 0 Å². The molecule has 1 unspecified atom stereocenters. The van der Waals surface area contributed by atoms with Gasteiger partial charge in [0.25, 0.3) is 0 Å². The van der Waals surface area contributed by atoms with E-state index in [1.807, 2.05) is 20.8 Å². The van der Waals surface area contributed by atoms with E-state index in [1.165, 1.54) is 0 Å². The largest absolute Gasteiger partial charge is 0.348 e. The molecule has 0 aromatic rings. The molecule has 1 aliphatic heterocycles. The molecule has 12 heavy (non-hydrogen) atoms. The van der Waals surface area contributed by atoms with Crippen molar-refractivity contribution in [3.8, 4) is 6.07 Å². The third kappa shape index (κ3) is 0.935. The summed E-state index contributed by atoms with van der Waals surface area (Å²) in [6, 6.07) is 2.08. The standard InChI is InChI=1S/C8H13N3O/c1-6(2,3)7(4,5-9)8(12)10-11-8/h12H,1-4H3. The molecule has 1 rings (SSSR count). The summed E-state index contributed by atoms with van der Waals surface area (Å²) in [5.41, 5.74) is -1.29. The lowest BCUT2D eigenvalue weighted by Gasteiger charge is -2.36. The zero-order chi connectivity index (χ0) is 9.62. The second kappa shape index (κ2) is 2.05. The summed E-state index contributed by atoms with van der Waals surface area (Å²) in [6.07, 6.45) is 0. The second-order valence-corrected chi connectivity index (χ2v) is 4.32. The highest BCUT2D eigenvalue weighted by Crippen LogP contribution is 2.52. The Morgan fingerprint density at radius 3 is 1.75 bits per heavy atom. The maximum Gasteiger partial charge on any atom is 0.309 e. The summed E-state index contributed by atoms with van der Waals surface area (Å²) in [5, 5.41) is 25.6.